The van der Waals surface area contributed by atoms with Gasteiger partial charge in [0.05, 0.1) is 0 Å². The summed E-state index contributed by atoms with van der Waals surface area (Å²) < 4.78 is 0. The second-order valence-electron chi connectivity index (χ2n) is 8.48. The molecule has 1 fully saturated rings. The number of urea groups is 1. The van der Waals surface area contributed by atoms with Gasteiger partial charge in [0.2, 0.25) is 5.91 Å². The minimum absolute atomic E-state index is 0.0239. The zero-order valence-corrected chi connectivity index (χ0v) is 20.8. The highest BCUT2D eigenvalue weighted by molar-refractivity contribution is 8.13. The van der Waals surface area contributed by atoms with Crippen LogP contribution in [0.5, 0.6) is 0 Å². The highest BCUT2D eigenvalue weighted by atomic mass is 32.2. The number of hydrogen-bond donors (Lipinski definition) is 1. The number of carbonyl (C=O) groups excluding carboxylic acids is 3. The molecule has 1 saturated heterocycles. The average Bonchev–Trinajstić information content (AvgIpc) is 2.85. The Balaban J connectivity index is 1.74. The van der Waals surface area contributed by atoms with Crippen LogP contribution in [-0.2, 0) is 16.0 Å². The van der Waals surface area contributed by atoms with E-state index in [1.165, 1.54) is 18.7 Å². The van der Waals surface area contributed by atoms with Crippen molar-refractivity contribution in [2.45, 2.75) is 19.4 Å². The first-order valence-electron chi connectivity index (χ1n) is 11.7. The zero-order valence-electron chi connectivity index (χ0n) is 20.0. The van der Waals surface area contributed by atoms with Crippen LogP contribution in [0.4, 0.5) is 4.79 Å². The van der Waals surface area contributed by atoms with Gasteiger partial charge >= 0.3 is 6.03 Å². The van der Waals surface area contributed by atoms with Crippen LogP contribution >= 0.6 is 11.8 Å². The van der Waals surface area contributed by atoms with Crippen LogP contribution in [0.25, 0.3) is 0 Å². The molecule has 1 atom stereocenters. The zero-order chi connectivity index (χ0) is 24.3. The molecule has 8 heteroatoms. The first-order chi connectivity index (χ1) is 16.4. The molecule has 3 amide bonds. The minimum Gasteiger partial charge on any atom is -0.338 e. The van der Waals surface area contributed by atoms with E-state index in [-0.39, 0.29) is 17.1 Å². The molecule has 0 spiro atoms. The average molecular weight is 483 g/mol. The molecule has 1 heterocycles. The fraction of sp³-hybridized carbons (Fsp3) is 0.423. The Labute approximate surface area is 206 Å². The van der Waals surface area contributed by atoms with E-state index in [4.69, 9.17) is 0 Å². The molecular formula is C26H34N4O3S. The van der Waals surface area contributed by atoms with E-state index in [2.05, 4.69) is 10.2 Å². The van der Waals surface area contributed by atoms with E-state index in [0.717, 1.165) is 24.2 Å². The predicted molar refractivity (Wildman–Crippen MR) is 137 cm³/mol. The number of likely N-dealkylation sites (N-methyl/N-ethyl adjacent to an activating group) is 1. The molecule has 182 valence electrons. The smallest absolute Gasteiger partial charge is 0.318 e. The molecule has 34 heavy (non-hydrogen) atoms. The third-order valence-electron chi connectivity index (χ3n) is 5.93. The lowest BCUT2D eigenvalue weighted by Crippen LogP contribution is -2.53. The first-order valence-corrected chi connectivity index (χ1v) is 12.7. The topological polar surface area (TPSA) is 73.0 Å². The number of nitrogens with one attached hydrogen (secondary N) is 1. The van der Waals surface area contributed by atoms with Gasteiger partial charge in [-0.1, -0.05) is 72.4 Å². The van der Waals surface area contributed by atoms with Crippen LogP contribution in [0.3, 0.4) is 0 Å². The maximum atomic E-state index is 13.5. The van der Waals surface area contributed by atoms with Crippen molar-refractivity contribution in [3.05, 3.63) is 71.8 Å². The molecule has 0 aromatic heterocycles. The second kappa shape index (κ2) is 13.2. The number of benzene rings is 2. The van der Waals surface area contributed by atoms with E-state index in [9.17, 15) is 14.4 Å². The van der Waals surface area contributed by atoms with E-state index in [0.29, 0.717) is 38.4 Å². The minimum atomic E-state index is -0.753. The van der Waals surface area contributed by atoms with Crippen LogP contribution in [-0.4, -0.2) is 83.8 Å². The fourth-order valence-electron chi connectivity index (χ4n) is 3.88. The highest BCUT2D eigenvalue weighted by Crippen LogP contribution is 2.18. The summed E-state index contributed by atoms with van der Waals surface area (Å²) in [4.78, 5) is 44.0. The molecule has 2 aromatic rings. The predicted octanol–water partition coefficient (Wildman–Crippen LogP) is 3.04. The van der Waals surface area contributed by atoms with Crippen molar-refractivity contribution in [3.8, 4) is 0 Å². The number of hydrogen-bond acceptors (Lipinski definition) is 5. The molecule has 0 bridgehead atoms. The molecule has 0 unspecified atom stereocenters. The Morgan fingerprint density at radius 2 is 1.56 bits per heavy atom. The first kappa shape index (κ1) is 25.8. The fourth-order valence-corrected chi connectivity index (χ4v) is 4.48. The summed E-state index contributed by atoms with van der Waals surface area (Å²) in [5.41, 5.74) is 1.90. The SMILES string of the molecule is CC(=O)SCCN(CCc1ccccc1)C(=O)N[C@H](C(=O)N1CCN(C)CC1)c1ccccc1. The largest absolute Gasteiger partial charge is 0.338 e. The highest BCUT2D eigenvalue weighted by Gasteiger charge is 2.30. The van der Waals surface area contributed by atoms with Gasteiger partial charge < -0.3 is 20.0 Å². The molecule has 1 N–H and O–H groups in total. The Kier molecular flexibility index (Phi) is 9.97. The van der Waals surface area contributed by atoms with Gasteiger partial charge in [0.15, 0.2) is 5.12 Å². The Morgan fingerprint density at radius 3 is 2.18 bits per heavy atom. The van der Waals surface area contributed by atoms with Gasteiger partial charge in [-0.3, -0.25) is 9.59 Å². The number of amides is 3. The molecular weight excluding hydrogens is 448 g/mol. The Hall–Kier alpha value is -2.84. The molecule has 2 aromatic carbocycles. The molecule has 0 aliphatic carbocycles. The van der Waals surface area contributed by atoms with Gasteiger partial charge in [0.1, 0.15) is 6.04 Å². The molecule has 1 aliphatic rings. The van der Waals surface area contributed by atoms with E-state index < -0.39 is 6.04 Å². The molecule has 0 radical (unpaired) electrons. The molecule has 7 nitrogen and oxygen atoms in total. The summed E-state index contributed by atoms with van der Waals surface area (Å²) in [7, 11) is 2.04. The van der Waals surface area contributed by atoms with Crippen molar-refractivity contribution in [2.75, 3.05) is 52.1 Å². The number of piperazine rings is 1. The maximum absolute atomic E-state index is 13.5. The normalized spacial score (nSPS) is 14.9. The van der Waals surface area contributed by atoms with E-state index in [1.807, 2.05) is 72.6 Å². The molecule has 3 rings (SSSR count). The van der Waals surface area contributed by atoms with Crippen molar-refractivity contribution in [1.82, 2.24) is 20.0 Å². The van der Waals surface area contributed by atoms with Crippen LogP contribution in [0.1, 0.15) is 24.1 Å². The Morgan fingerprint density at radius 1 is 0.941 bits per heavy atom. The van der Waals surface area contributed by atoms with Crippen molar-refractivity contribution >= 4 is 28.8 Å². The van der Waals surface area contributed by atoms with Crippen LogP contribution in [0.15, 0.2) is 60.7 Å². The monoisotopic (exact) mass is 482 g/mol. The molecule has 1 aliphatic heterocycles. The summed E-state index contributed by atoms with van der Waals surface area (Å²) in [5, 5.41) is 3.03. The lowest BCUT2D eigenvalue weighted by molar-refractivity contribution is -0.135. The van der Waals surface area contributed by atoms with Crippen molar-refractivity contribution in [3.63, 3.8) is 0 Å². The lowest BCUT2D eigenvalue weighted by Gasteiger charge is -2.35. The summed E-state index contributed by atoms with van der Waals surface area (Å²) in [6, 6.07) is 18.3. The van der Waals surface area contributed by atoms with Crippen molar-refractivity contribution in [2.24, 2.45) is 0 Å². The number of carbonyl (C=O) groups is 3. The Bertz CT molecular complexity index is 934. The van der Waals surface area contributed by atoms with Crippen LogP contribution in [0.2, 0.25) is 0 Å². The summed E-state index contributed by atoms with van der Waals surface area (Å²) >= 11 is 1.20. The van der Waals surface area contributed by atoms with Crippen LogP contribution in [0, 0.1) is 0 Å². The van der Waals surface area contributed by atoms with Crippen LogP contribution < -0.4 is 5.32 Å². The number of rotatable bonds is 9. The van der Waals surface area contributed by atoms with E-state index >= 15 is 0 Å². The van der Waals surface area contributed by atoms with Gasteiger partial charge in [-0.2, -0.15) is 0 Å². The summed E-state index contributed by atoms with van der Waals surface area (Å²) in [5.74, 6) is 0.425. The van der Waals surface area contributed by atoms with Gasteiger partial charge in [0.25, 0.3) is 0 Å². The maximum Gasteiger partial charge on any atom is 0.318 e. The number of nitrogens with zero attached hydrogens (tertiary/aromatic N) is 3. The van der Waals surface area contributed by atoms with Gasteiger partial charge in [-0.25, -0.2) is 4.79 Å². The van der Waals surface area contributed by atoms with Crippen molar-refractivity contribution < 1.29 is 14.4 Å². The van der Waals surface area contributed by atoms with Gasteiger partial charge in [-0.15, -0.1) is 0 Å². The third kappa shape index (κ3) is 7.88. The van der Waals surface area contributed by atoms with Gasteiger partial charge in [0, 0.05) is 51.9 Å². The van der Waals surface area contributed by atoms with Crippen molar-refractivity contribution in [1.29, 1.82) is 0 Å². The molecule has 0 saturated carbocycles. The number of thioether (sulfide) groups is 1. The summed E-state index contributed by atoms with van der Waals surface area (Å²) in [6.45, 7) is 5.35. The van der Waals surface area contributed by atoms with E-state index in [1.54, 1.807) is 4.90 Å². The standard InChI is InChI=1S/C26H34N4O3S/c1-21(31)34-20-19-30(14-13-22-9-5-3-6-10-22)26(33)27-24(23-11-7-4-8-12-23)25(32)29-17-15-28(2)16-18-29/h3-12,24H,13-20H2,1-2H3,(H,27,33)/t24-/m0/s1. The second-order valence-corrected chi connectivity index (χ2v) is 9.76. The van der Waals surface area contributed by atoms with Gasteiger partial charge in [-0.05, 0) is 24.6 Å². The summed E-state index contributed by atoms with van der Waals surface area (Å²) in [6.07, 6.45) is 0.696. The third-order valence-corrected chi connectivity index (χ3v) is 6.72. The quantitative estimate of drug-likeness (QED) is 0.595. The lowest BCUT2D eigenvalue weighted by atomic mass is 10.1.